The number of anilines is 1. The topological polar surface area (TPSA) is 62.8 Å². The highest BCUT2D eigenvalue weighted by Gasteiger charge is 2.39. The molecular formula is C19H31N3O3. The molecule has 140 valence electrons. The maximum Gasteiger partial charge on any atom is 0.233 e. The minimum atomic E-state index is -0.456. The molecule has 0 radical (unpaired) electrons. The zero-order valence-corrected chi connectivity index (χ0v) is 15.6. The van der Waals surface area contributed by atoms with Gasteiger partial charge in [-0.3, -0.25) is 4.79 Å². The number of hydrogen-bond acceptors (Lipinski definition) is 5. The van der Waals surface area contributed by atoms with Gasteiger partial charge in [0.2, 0.25) is 5.91 Å². The number of carbonyl (C=O) groups is 1. The molecule has 0 saturated carbocycles. The Bertz CT molecular complexity index is 537. The Morgan fingerprint density at radius 2 is 2.08 bits per heavy atom. The predicted molar refractivity (Wildman–Crippen MR) is 100 cm³/mol. The van der Waals surface area contributed by atoms with Crippen LogP contribution in [0.5, 0.6) is 5.75 Å². The number of piperidine rings is 1. The van der Waals surface area contributed by atoms with Crippen LogP contribution < -0.4 is 15.4 Å². The van der Waals surface area contributed by atoms with Crippen LogP contribution in [0.4, 0.5) is 5.69 Å². The Kier molecular flexibility index (Phi) is 7.68. The molecule has 6 heteroatoms. The van der Waals surface area contributed by atoms with Crippen molar-refractivity contribution in [2.45, 2.75) is 19.3 Å². The molecule has 0 unspecified atom stereocenters. The van der Waals surface area contributed by atoms with E-state index < -0.39 is 5.41 Å². The molecule has 0 bridgehead atoms. The number of benzene rings is 1. The van der Waals surface area contributed by atoms with Crippen LogP contribution >= 0.6 is 0 Å². The maximum atomic E-state index is 12.9. The van der Waals surface area contributed by atoms with E-state index in [4.69, 9.17) is 9.47 Å². The third-order valence-electron chi connectivity index (χ3n) is 4.57. The summed E-state index contributed by atoms with van der Waals surface area (Å²) < 4.78 is 11.1. The predicted octanol–water partition coefficient (Wildman–Crippen LogP) is 1.97. The van der Waals surface area contributed by atoms with Crippen molar-refractivity contribution in [3.05, 3.63) is 24.3 Å². The smallest absolute Gasteiger partial charge is 0.233 e. The SMILES string of the molecule is COCC1(C(=O)Nc2cccc(OCCCN(C)C)c2)CCNCC1. The second-order valence-electron chi connectivity index (χ2n) is 6.95. The highest BCUT2D eigenvalue weighted by atomic mass is 16.5. The van der Waals surface area contributed by atoms with Gasteiger partial charge < -0.3 is 25.0 Å². The molecule has 0 aromatic heterocycles. The van der Waals surface area contributed by atoms with Gasteiger partial charge in [0.15, 0.2) is 0 Å². The highest BCUT2D eigenvalue weighted by molar-refractivity contribution is 5.95. The number of rotatable bonds is 9. The number of methoxy groups -OCH3 is 1. The zero-order chi connectivity index (χ0) is 18.1. The van der Waals surface area contributed by atoms with Crippen LogP contribution in [0.15, 0.2) is 24.3 Å². The fraction of sp³-hybridized carbons (Fsp3) is 0.632. The van der Waals surface area contributed by atoms with Crippen molar-refractivity contribution in [3.63, 3.8) is 0 Å². The van der Waals surface area contributed by atoms with E-state index in [-0.39, 0.29) is 5.91 Å². The van der Waals surface area contributed by atoms with Gasteiger partial charge in [-0.05, 0) is 58.6 Å². The number of hydrogen-bond donors (Lipinski definition) is 2. The lowest BCUT2D eigenvalue weighted by atomic mass is 9.78. The van der Waals surface area contributed by atoms with E-state index in [1.165, 1.54) is 0 Å². The van der Waals surface area contributed by atoms with Gasteiger partial charge in [0, 0.05) is 25.4 Å². The summed E-state index contributed by atoms with van der Waals surface area (Å²) in [5.74, 6) is 0.809. The number of nitrogens with zero attached hydrogens (tertiary/aromatic N) is 1. The Morgan fingerprint density at radius 3 is 2.76 bits per heavy atom. The maximum absolute atomic E-state index is 12.9. The molecule has 0 atom stereocenters. The van der Waals surface area contributed by atoms with Gasteiger partial charge >= 0.3 is 0 Å². The third-order valence-corrected chi connectivity index (χ3v) is 4.57. The molecule has 2 N–H and O–H groups in total. The monoisotopic (exact) mass is 349 g/mol. The lowest BCUT2D eigenvalue weighted by Gasteiger charge is -2.35. The molecule has 1 aliphatic heterocycles. The second-order valence-corrected chi connectivity index (χ2v) is 6.95. The Morgan fingerprint density at radius 1 is 1.32 bits per heavy atom. The van der Waals surface area contributed by atoms with Crippen LogP contribution in [0.1, 0.15) is 19.3 Å². The normalized spacial score (nSPS) is 16.6. The molecule has 6 nitrogen and oxygen atoms in total. The number of amides is 1. The van der Waals surface area contributed by atoms with Crippen LogP contribution in [0.3, 0.4) is 0 Å². The van der Waals surface area contributed by atoms with Crippen LogP contribution in [-0.2, 0) is 9.53 Å². The van der Waals surface area contributed by atoms with Gasteiger partial charge in [0.05, 0.1) is 18.6 Å². The van der Waals surface area contributed by atoms with E-state index in [1.54, 1.807) is 7.11 Å². The van der Waals surface area contributed by atoms with Crippen molar-refractivity contribution in [1.29, 1.82) is 0 Å². The Balaban J connectivity index is 1.94. The summed E-state index contributed by atoms with van der Waals surface area (Å²) in [5.41, 5.74) is 0.312. The fourth-order valence-electron chi connectivity index (χ4n) is 3.12. The van der Waals surface area contributed by atoms with E-state index in [0.29, 0.717) is 13.2 Å². The van der Waals surface area contributed by atoms with E-state index >= 15 is 0 Å². The molecule has 1 aromatic rings. The summed E-state index contributed by atoms with van der Waals surface area (Å²) in [7, 11) is 5.75. The van der Waals surface area contributed by atoms with E-state index in [0.717, 1.165) is 50.3 Å². The lowest BCUT2D eigenvalue weighted by Crippen LogP contribution is -2.47. The quantitative estimate of drug-likeness (QED) is 0.668. The Labute approximate surface area is 150 Å². The zero-order valence-electron chi connectivity index (χ0n) is 15.6. The first-order chi connectivity index (χ1) is 12.1. The van der Waals surface area contributed by atoms with Crippen LogP contribution in [-0.4, -0.2) is 64.9 Å². The molecule has 1 aromatic carbocycles. The van der Waals surface area contributed by atoms with Crippen molar-refractivity contribution in [2.24, 2.45) is 5.41 Å². The molecular weight excluding hydrogens is 318 g/mol. The van der Waals surface area contributed by atoms with Crippen LogP contribution in [0.2, 0.25) is 0 Å². The lowest BCUT2D eigenvalue weighted by molar-refractivity contribution is -0.130. The van der Waals surface area contributed by atoms with Gasteiger partial charge in [-0.2, -0.15) is 0 Å². The van der Waals surface area contributed by atoms with Gasteiger partial charge in [-0.15, -0.1) is 0 Å². The molecule has 1 aliphatic rings. The number of ether oxygens (including phenoxy) is 2. The molecule has 1 amide bonds. The molecule has 1 fully saturated rings. The first-order valence-electron chi connectivity index (χ1n) is 8.94. The number of nitrogens with one attached hydrogen (secondary N) is 2. The minimum Gasteiger partial charge on any atom is -0.493 e. The number of carbonyl (C=O) groups excluding carboxylic acids is 1. The summed E-state index contributed by atoms with van der Waals surface area (Å²) in [6.07, 6.45) is 2.54. The second kappa shape index (κ2) is 9.75. The van der Waals surface area contributed by atoms with Gasteiger partial charge in [0.1, 0.15) is 5.75 Å². The van der Waals surface area contributed by atoms with Crippen molar-refractivity contribution < 1.29 is 14.3 Å². The van der Waals surface area contributed by atoms with Gasteiger partial charge in [0.25, 0.3) is 0 Å². The van der Waals surface area contributed by atoms with E-state index in [1.807, 2.05) is 38.4 Å². The average Bonchev–Trinajstić information content (AvgIpc) is 2.60. The molecule has 0 spiro atoms. The summed E-state index contributed by atoms with van der Waals surface area (Å²) in [5, 5.41) is 6.35. The van der Waals surface area contributed by atoms with Gasteiger partial charge in [-0.25, -0.2) is 0 Å². The van der Waals surface area contributed by atoms with E-state index in [2.05, 4.69) is 15.5 Å². The van der Waals surface area contributed by atoms with Gasteiger partial charge in [-0.1, -0.05) is 6.07 Å². The summed E-state index contributed by atoms with van der Waals surface area (Å²) in [4.78, 5) is 15.0. The molecule has 1 heterocycles. The first-order valence-corrected chi connectivity index (χ1v) is 8.94. The molecule has 2 rings (SSSR count). The van der Waals surface area contributed by atoms with E-state index in [9.17, 15) is 4.79 Å². The summed E-state index contributed by atoms with van der Waals surface area (Å²) in [6.45, 7) is 3.78. The molecule has 25 heavy (non-hydrogen) atoms. The van der Waals surface area contributed by atoms with Crippen molar-refractivity contribution in [3.8, 4) is 5.75 Å². The standard InChI is InChI=1S/C19H31N3O3/c1-22(2)12-5-13-25-17-7-4-6-16(14-17)21-18(23)19(15-24-3)8-10-20-11-9-19/h4,6-7,14,20H,5,8-13,15H2,1-3H3,(H,21,23). The van der Waals surface area contributed by atoms with Crippen molar-refractivity contribution in [1.82, 2.24) is 10.2 Å². The third kappa shape index (κ3) is 5.99. The first kappa shape index (κ1) is 19.7. The van der Waals surface area contributed by atoms with Crippen molar-refractivity contribution in [2.75, 3.05) is 59.4 Å². The summed E-state index contributed by atoms with van der Waals surface area (Å²) in [6, 6.07) is 7.60. The largest absolute Gasteiger partial charge is 0.493 e. The van der Waals surface area contributed by atoms with Crippen LogP contribution in [0.25, 0.3) is 0 Å². The molecule has 1 saturated heterocycles. The average molecular weight is 349 g/mol. The summed E-state index contributed by atoms with van der Waals surface area (Å²) >= 11 is 0. The Hall–Kier alpha value is -1.63. The molecule has 0 aliphatic carbocycles. The fourth-order valence-corrected chi connectivity index (χ4v) is 3.12. The van der Waals surface area contributed by atoms with Crippen molar-refractivity contribution >= 4 is 11.6 Å². The van der Waals surface area contributed by atoms with Crippen LogP contribution in [0, 0.1) is 5.41 Å². The minimum absolute atomic E-state index is 0.0283. The highest BCUT2D eigenvalue weighted by Crippen LogP contribution is 2.31.